The van der Waals surface area contributed by atoms with Crippen molar-refractivity contribution in [2.75, 3.05) is 17.2 Å². The first kappa shape index (κ1) is 14.9. The number of hydrogen-bond acceptors (Lipinski definition) is 5. The van der Waals surface area contributed by atoms with Crippen LogP contribution >= 0.6 is 0 Å². The summed E-state index contributed by atoms with van der Waals surface area (Å²) in [7, 11) is 0. The van der Waals surface area contributed by atoms with E-state index in [0.717, 1.165) is 11.5 Å². The van der Waals surface area contributed by atoms with Crippen LogP contribution in [0.3, 0.4) is 0 Å². The largest absolute Gasteiger partial charge is 0.464 e. The van der Waals surface area contributed by atoms with Gasteiger partial charge >= 0.3 is 5.69 Å². The van der Waals surface area contributed by atoms with Crippen molar-refractivity contribution in [2.45, 2.75) is 26.8 Å². The van der Waals surface area contributed by atoms with E-state index in [1.54, 1.807) is 18.2 Å². The Bertz CT molecular complexity index is 637. The van der Waals surface area contributed by atoms with E-state index in [9.17, 15) is 10.1 Å². The van der Waals surface area contributed by atoms with E-state index >= 15 is 0 Å². The van der Waals surface area contributed by atoms with Crippen molar-refractivity contribution in [1.82, 2.24) is 0 Å². The molecule has 0 bridgehead atoms. The molecule has 112 valence electrons. The molecule has 0 amide bonds. The summed E-state index contributed by atoms with van der Waals surface area (Å²) in [5, 5.41) is 17.5. The highest BCUT2D eigenvalue weighted by Crippen LogP contribution is 2.35. The predicted octanol–water partition coefficient (Wildman–Crippen LogP) is 4.10. The molecule has 0 radical (unpaired) electrons. The van der Waals surface area contributed by atoms with E-state index in [1.165, 1.54) is 0 Å². The number of nitrogens with zero attached hydrogens (tertiary/aromatic N) is 1. The van der Waals surface area contributed by atoms with Crippen molar-refractivity contribution >= 4 is 17.1 Å². The molecule has 0 aliphatic heterocycles. The summed E-state index contributed by atoms with van der Waals surface area (Å²) in [5.41, 5.74) is 1.03. The molecule has 0 aliphatic rings. The summed E-state index contributed by atoms with van der Waals surface area (Å²) in [4.78, 5) is 11.0. The van der Waals surface area contributed by atoms with Gasteiger partial charge in [0.15, 0.2) is 0 Å². The average molecular weight is 289 g/mol. The Morgan fingerprint density at radius 2 is 2.00 bits per heavy atom. The third-order valence-electron chi connectivity index (χ3n) is 3.15. The second kappa shape index (κ2) is 6.30. The summed E-state index contributed by atoms with van der Waals surface area (Å²) in [6.07, 6.45) is 0. The Morgan fingerprint density at radius 1 is 1.29 bits per heavy atom. The number of para-hydroxylation sites is 1. The van der Waals surface area contributed by atoms with Crippen molar-refractivity contribution in [2.24, 2.45) is 0 Å². The molecule has 0 saturated carbocycles. The Morgan fingerprint density at radius 3 is 2.57 bits per heavy atom. The minimum atomic E-state index is -0.375. The van der Waals surface area contributed by atoms with Crippen LogP contribution in [-0.4, -0.2) is 11.5 Å². The number of nitro benzene ring substituents is 1. The van der Waals surface area contributed by atoms with Crippen molar-refractivity contribution in [3.63, 3.8) is 0 Å². The molecule has 2 rings (SSSR count). The predicted molar refractivity (Wildman–Crippen MR) is 82.7 cm³/mol. The second-order valence-corrected chi connectivity index (χ2v) is 4.80. The maximum atomic E-state index is 11.3. The van der Waals surface area contributed by atoms with Crippen LogP contribution in [0.25, 0.3) is 0 Å². The smallest absolute Gasteiger partial charge is 0.315 e. The van der Waals surface area contributed by atoms with Crippen LogP contribution in [0.4, 0.5) is 17.1 Å². The Kier molecular flexibility index (Phi) is 4.47. The molecule has 1 aromatic carbocycles. The number of rotatable bonds is 6. The van der Waals surface area contributed by atoms with Crippen LogP contribution in [0, 0.1) is 17.0 Å². The van der Waals surface area contributed by atoms with Crippen LogP contribution in [0.2, 0.25) is 0 Å². The van der Waals surface area contributed by atoms with Gasteiger partial charge in [-0.2, -0.15) is 0 Å². The first-order valence-corrected chi connectivity index (χ1v) is 6.87. The monoisotopic (exact) mass is 289 g/mol. The molecule has 1 aromatic heterocycles. The highest BCUT2D eigenvalue weighted by molar-refractivity contribution is 5.76. The van der Waals surface area contributed by atoms with Crippen molar-refractivity contribution in [1.29, 1.82) is 0 Å². The normalized spacial score (nSPS) is 12.0. The number of nitro groups is 1. The van der Waals surface area contributed by atoms with Crippen molar-refractivity contribution < 1.29 is 9.34 Å². The van der Waals surface area contributed by atoms with Crippen LogP contribution in [0.15, 0.2) is 34.7 Å². The highest BCUT2D eigenvalue weighted by atomic mass is 16.6. The quantitative estimate of drug-likeness (QED) is 0.618. The minimum Gasteiger partial charge on any atom is -0.464 e. The van der Waals surface area contributed by atoms with Crippen molar-refractivity contribution in [3.8, 4) is 0 Å². The first-order chi connectivity index (χ1) is 10.0. The number of aryl methyl sites for hydroxylation is 1. The Hall–Kier alpha value is -2.50. The fraction of sp³-hybridized carbons (Fsp3) is 0.333. The van der Waals surface area contributed by atoms with Gasteiger partial charge in [0.05, 0.1) is 11.0 Å². The fourth-order valence-electron chi connectivity index (χ4n) is 2.18. The molecule has 0 aliphatic carbocycles. The molecule has 0 spiro atoms. The summed E-state index contributed by atoms with van der Waals surface area (Å²) < 4.78 is 5.55. The van der Waals surface area contributed by atoms with Crippen LogP contribution < -0.4 is 10.6 Å². The minimum absolute atomic E-state index is 0.0504. The van der Waals surface area contributed by atoms with E-state index in [4.69, 9.17) is 4.42 Å². The molecular weight excluding hydrogens is 270 g/mol. The number of benzene rings is 1. The van der Waals surface area contributed by atoms with Gasteiger partial charge in [-0.05, 0) is 45.0 Å². The van der Waals surface area contributed by atoms with E-state index in [2.05, 4.69) is 10.6 Å². The van der Waals surface area contributed by atoms with E-state index in [0.29, 0.717) is 17.9 Å². The molecule has 1 atom stereocenters. The highest BCUT2D eigenvalue weighted by Gasteiger charge is 2.21. The third-order valence-corrected chi connectivity index (χ3v) is 3.15. The lowest BCUT2D eigenvalue weighted by Gasteiger charge is -2.15. The second-order valence-electron chi connectivity index (χ2n) is 4.80. The van der Waals surface area contributed by atoms with Gasteiger partial charge in [0.2, 0.25) is 0 Å². The zero-order valence-corrected chi connectivity index (χ0v) is 12.3. The SMILES string of the molecule is CCNc1cccc(NC(C)c2ccc(C)o2)c1[N+](=O)[O-]. The zero-order chi connectivity index (χ0) is 15.4. The van der Waals surface area contributed by atoms with Gasteiger partial charge in [-0.3, -0.25) is 10.1 Å². The molecule has 0 saturated heterocycles. The van der Waals surface area contributed by atoms with Gasteiger partial charge < -0.3 is 15.1 Å². The number of furan rings is 1. The maximum absolute atomic E-state index is 11.3. The van der Waals surface area contributed by atoms with Gasteiger partial charge in [-0.15, -0.1) is 0 Å². The van der Waals surface area contributed by atoms with Crippen LogP contribution in [0.1, 0.15) is 31.4 Å². The average Bonchev–Trinajstić information content (AvgIpc) is 2.86. The lowest BCUT2D eigenvalue weighted by molar-refractivity contribution is -0.383. The third kappa shape index (κ3) is 3.34. The summed E-state index contributed by atoms with van der Waals surface area (Å²) >= 11 is 0. The van der Waals surface area contributed by atoms with E-state index in [-0.39, 0.29) is 16.7 Å². The summed E-state index contributed by atoms with van der Waals surface area (Å²) in [5.74, 6) is 1.56. The van der Waals surface area contributed by atoms with E-state index in [1.807, 2.05) is 32.9 Å². The Labute approximate surface area is 123 Å². The first-order valence-electron chi connectivity index (χ1n) is 6.87. The molecule has 2 N–H and O–H groups in total. The molecule has 1 unspecified atom stereocenters. The van der Waals surface area contributed by atoms with Gasteiger partial charge in [0.1, 0.15) is 22.9 Å². The van der Waals surface area contributed by atoms with E-state index < -0.39 is 0 Å². The number of anilines is 2. The van der Waals surface area contributed by atoms with Crippen LogP contribution in [-0.2, 0) is 0 Å². The fourth-order valence-corrected chi connectivity index (χ4v) is 2.18. The molecule has 6 heteroatoms. The summed E-state index contributed by atoms with van der Waals surface area (Å²) in [6, 6.07) is 8.77. The van der Waals surface area contributed by atoms with Crippen molar-refractivity contribution in [3.05, 3.63) is 52.0 Å². The maximum Gasteiger partial charge on any atom is 0.315 e. The van der Waals surface area contributed by atoms with Gasteiger partial charge in [0, 0.05) is 6.54 Å². The van der Waals surface area contributed by atoms with Gasteiger partial charge in [-0.1, -0.05) is 6.07 Å². The lowest BCUT2D eigenvalue weighted by atomic mass is 10.2. The zero-order valence-electron chi connectivity index (χ0n) is 12.3. The molecule has 0 fully saturated rings. The number of nitrogens with one attached hydrogen (secondary N) is 2. The topological polar surface area (TPSA) is 80.3 Å². The van der Waals surface area contributed by atoms with Crippen LogP contribution in [0.5, 0.6) is 0 Å². The molecule has 1 heterocycles. The Balaban J connectivity index is 2.30. The van der Waals surface area contributed by atoms with Gasteiger partial charge in [-0.25, -0.2) is 0 Å². The molecular formula is C15H19N3O3. The van der Waals surface area contributed by atoms with Gasteiger partial charge in [0.25, 0.3) is 0 Å². The standard InChI is InChI=1S/C15H19N3O3/c1-4-16-12-6-5-7-13(15(12)18(19)20)17-11(3)14-9-8-10(2)21-14/h5-9,11,16-17H,4H2,1-3H3. The lowest BCUT2D eigenvalue weighted by Crippen LogP contribution is -2.09. The summed E-state index contributed by atoms with van der Waals surface area (Å²) in [6.45, 7) is 6.29. The number of hydrogen-bond donors (Lipinski definition) is 2. The molecule has 2 aromatic rings. The molecule has 6 nitrogen and oxygen atoms in total. The molecule has 21 heavy (non-hydrogen) atoms.